The number of amides is 1. The third kappa shape index (κ3) is 6.58. The topological polar surface area (TPSA) is 104 Å². The molecule has 160 valence electrons. The predicted molar refractivity (Wildman–Crippen MR) is 109 cm³/mol. The molecule has 1 aromatic carbocycles. The number of aromatic nitrogens is 1. The Morgan fingerprint density at radius 1 is 1.03 bits per heavy atom. The molecule has 1 N–H and O–H groups in total. The zero-order valence-electron chi connectivity index (χ0n) is 17.6. The Morgan fingerprint density at radius 3 is 2.33 bits per heavy atom. The maximum Gasteiger partial charge on any atom is 0.516 e. The lowest BCUT2D eigenvalue weighted by Gasteiger charge is -2.09. The molecule has 0 spiro atoms. The summed E-state index contributed by atoms with van der Waals surface area (Å²) in [7, 11) is 1.70. The Labute approximate surface area is 175 Å². The maximum atomic E-state index is 12.7. The lowest BCUT2D eigenvalue weighted by Crippen LogP contribution is -2.33. The fourth-order valence-corrected chi connectivity index (χ4v) is 2.60. The standard InChI is InChI=1S/C22H26N2O6/c1-14(2)13-29-22(28)30-20(26)12-23-19(25)11-17-9-10-18(24(17)4)21(27)16-7-5-15(3)6-8-16/h5-10,14H,11-13H2,1-4H3,(H,23,25). The molecule has 30 heavy (non-hydrogen) atoms. The summed E-state index contributed by atoms with van der Waals surface area (Å²) in [5.41, 5.74) is 2.68. The first kappa shape index (κ1) is 22.9. The summed E-state index contributed by atoms with van der Waals surface area (Å²) in [4.78, 5) is 47.7. The second-order valence-electron chi connectivity index (χ2n) is 7.35. The monoisotopic (exact) mass is 414 g/mol. The molecule has 1 amide bonds. The van der Waals surface area contributed by atoms with Gasteiger partial charge in [0.1, 0.15) is 6.54 Å². The number of hydrogen-bond donors (Lipinski definition) is 1. The van der Waals surface area contributed by atoms with E-state index >= 15 is 0 Å². The molecule has 8 heteroatoms. The zero-order valence-corrected chi connectivity index (χ0v) is 17.6. The van der Waals surface area contributed by atoms with Gasteiger partial charge in [0.25, 0.3) is 0 Å². The quantitative estimate of drug-likeness (QED) is 0.404. The molecule has 2 aromatic rings. The molecule has 0 aliphatic carbocycles. The number of nitrogens with one attached hydrogen (secondary N) is 1. The average Bonchev–Trinajstić information content (AvgIpc) is 3.05. The van der Waals surface area contributed by atoms with Crippen LogP contribution in [0.4, 0.5) is 4.79 Å². The molecule has 0 bridgehead atoms. The van der Waals surface area contributed by atoms with Gasteiger partial charge in [-0.05, 0) is 25.0 Å². The first-order valence-electron chi connectivity index (χ1n) is 9.57. The molecular formula is C22H26N2O6. The molecule has 0 aliphatic rings. The van der Waals surface area contributed by atoms with Gasteiger partial charge in [-0.3, -0.25) is 9.59 Å². The van der Waals surface area contributed by atoms with E-state index in [9.17, 15) is 19.2 Å². The van der Waals surface area contributed by atoms with Crippen molar-refractivity contribution in [1.29, 1.82) is 0 Å². The summed E-state index contributed by atoms with van der Waals surface area (Å²) in [5.74, 6) is -1.40. The van der Waals surface area contributed by atoms with Crippen molar-refractivity contribution in [3.8, 4) is 0 Å². The van der Waals surface area contributed by atoms with Gasteiger partial charge in [-0.1, -0.05) is 43.7 Å². The van der Waals surface area contributed by atoms with E-state index in [2.05, 4.69) is 10.1 Å². The highest BCUT2D eigenvalue weighted by Gasteiger charge is 2.17. The third-order valence-corrected chi connectivity index (χ3v) is 4.28. The van der Waals surface area contributed by atoms with Gasteiger partial charge < -0.3 is 19.4 Å². The normalized spacial score (nSPS) is 10.6. The van der Waals surface area contributed by atoms with Crippen LogP contribution < -0.4 is 5.32 Å². The SMILES string of the molecule is Cc1ccc(C(=O)c2ccc(CC(=O)NCC(=O)OC(=O)OCC(C)C)n2C)cc1. The first-order valence-corrected chi connectivity index (χ1v) is 9.57. The highest BCUT2D eigenvalue weighted by molar-refractivity contribution is 6.08. The molecule has 0 radical (unpaired) electrons. The fourth-order valence-electron chi connectivity index (χ4n) is 2.60. The molecule has 0 aliphatic heterocycles. The van der Waals surface area contributed by atoms with Crippen LogP contribution in [0.15, 0.2) is 36.4 Å². The lowest BCUT2D eigenvalue weighted by molar-refractivity contribution is -0.140. The van der Waals surface area contributed by atoms with E-state index in [0.29, 0.717) is 17.0 Å². The van der Waals surface area contributed by atoms with Crippen molar-refractivity contribution >= 4 is 23.8 Å². The minimum atomic E-state index is -1.09. The summed E-state index contributed by atoms with van der Waals surface area (Å²) in [5, 5.41) is 2.39. The summed E-state index contributed by atoms with van der Waals surface area (Å²) in [6, 6.07) is 10.6. The Balaban J connectivity index is 1.87. The molecule has 0 saturated heterocycles. The van der Waals surface area contributed by atoms with Gasteiger partial charge in [-0.2, -0.15) is 0 Å². The van der Waals surface area contributed by atoms with Crippen molar-refractivity contribution in [3.63, 3.8) is 0 Å². The molecule has 0 saturated carbocycles. The van der Waals surface area contributed by atoms with Gasteiger partial charge in [-0.15, -0.1) is 0 Å². The minimum absolute atomic E-state index is 0.0389. The molecule has 8 nitrogen and oxygen atoms in total. The zero-order chi connectivity index (χ0) is 22.3. The molecule has 1 heterocycles. The molecular weight excluding hydrogens is 388 g/mol. The smallest absolute Gasteiger partial charge is 0.434 e. The van der Waals surface area contributed by atoms with Crippen molar-refractivity contribution in [2.24, 2.45) is 13.0 Å². The molecule has 0 unspecified atom stereocenters. The molecule has 0 atom stereocenters. The Bertz CT molecular complexity index is 928. The van der Waals surface area contributed by atoms with E-state index in [1.54, 1.807) is 35.9 Å². The van der Waals surface area contributed by atoms with Crippen molar-refractivity contribution in [2.45, 2.75) is 27.2 Å². The van der Waals surface area contributed by atoms with E-state index in [1.807, 2.05) is 32.9 Å². The van der Waals surface area contributed by atoms with E-state index in [0.717, 1.165) is 5.56 Å². The van der Waals surface area contributed by atoms with E-state index < -0.39 is 24.6 Å². The molecule has 0 fully saturated rings. The van der Waals surface area contributed by atoms with Crippen LogP contribution in [-0.2, 0) is 32.5 Å². The largest absolute Gasteiger partial charge is 0.516 e. The number of ketones is 1. The van der Waals surface area contributed by atoms with Crippen LogP contribution in [0, 0.1) is 12.8 Å². The van der Waals surface area contributed by atoms with Gasteiger partial charge in [-0.25, -0.2) is 9.59 Å². The van der Waals surface area contributed by atoms with E-state index in [4.69, 9.17) is 4.74 Å². The van der Waals surface area contributed by atoms with Gasteiger partial charge in [0.05, 0.1) is 18.7 Å². The number of carbonyl (C=O) groups excluding carboxylic acids is 4. The number of carbonyl (C=O) groups is 4. The van der Waals surface area contributed by atoms with Crippen molar-refractivity contribution in [1.82, 2.24) is 9.88 Å². The van der Waals surface area contributed by atoms with Gasteiger partial charge in [0.15, 0.2) is 0 Å². The van der Waals surface area contributed by atoms with Crippen molar-refractivity contribution in [3.05, 3.63) is 58.9 Å². The Morgan fingerprint density at radius 2 is 1.70 bits per heavy atom. The van der Waals surface area contributed by atoms with Gasteiger partial charge in [0, 0.05) is 18.3 Å². The predicted octanol–water partition coefficient (Wildman–Crippen LogP) is 2.56. The van der Waals surface area contributed by atoms with Crippen LogP contribution in [0.3, 0.4) is 0 Å². The van der Waals surface area contributed by atoms with Crippen LogP contribution in [0.1, 0.15) is 41.2 Å². The van der Waals surface area contributed by atoms with Crippen molar-refractivity contribution < 1.29 is 28.7 Å². The number of aryl methyl sites for hydroxylation is 1. The third-order valence-electron chi connectivity index (χ3n) is 4.28. The van der Waals surface area contributed by atoms with E-state index in [-0.39, 0.29) is 24.7 Å². The number of esters is 1. The summed E-state index contributed by atoms with van der Waals surface area (Å²) in [6.45, 7) is 5.31. The average molecular weight is 414 g/mol. The summed E-state index contributed by atoms with van der Waals surface area (Å²) in [6.07, 6.45) is -1.13. The first-order chi connectivity index (χ1) is 14.2. The number of ether oxygens (including phenoxy) is 2. The second kappa shape index (κ2) is 10.4. The minimum Gasteiger partial charge on any atom is -0.434 e. The Kier molecular flexibility index (Phi) is 7.91. The highest BCUT2D eigenvalue weighted by Crippen LogP contribution is 2.14. The Hall–Kier alpha value is -3.42. The number of nitrogens with zero attached hydrogens (tertiary/aromatic N) is 1. The summed E-state index contributed by atoms with van der Waals surface area (Å²) >= 11 is 0. The summed E-state index contributed by atoms with van der Waals surface area (Å²) < 4.78 is 10.8. The molecule has 1 aromatic heterocycles. The van der Waals surface area contributed by atoms with E-state index in [1.165, 1.54) is 0 Å². The van der Waals surface area contributed by atoms with Crippen LogP contribution in [0.5, 0.6) is 0 Å². The highest BCUT2D eigenvalue weighted by atomic mass is 16.7. The second-order valence-corrected chi connectivity index (χ2v) is 7.35. The number of rotatable bonds is 8. The van der Waals surface area contributed by atoms with Crippen LogP contribution in [-0.4, -0.2) is 41.5 Å². The number of hydrogen-bond acceptors (Lipinski definition) is 6. The van der Waals surface area contributed by atoms with Crippen molar-refractivity contribution in [2.75, 3.05) is 13.2 Å². The van der Waals surface area contributed by atoms with Crippen LogP contribution in [0.25, 0.3) is 0 Å². The number of benzene rings is 1. The molecule has 2 rings (SSSR count). The van der Waals surface area contributed by atoms with Crippen LogP contribution >= 0.6 is 0 Å². The van der Waals surface area contributed by atoms with Crippen LogP contribution in [0.2, 0.25) is 0 Å². The maximum absolute atomic E-state index is 12.7. The lowest BCUT2D eigenvalue weighted by atomic mass is 10.1. The van der Waals surface area contributed by atoms with Gasteiger partial charge >= 0.3 is 12.1 Å². The fraction of sp³-hybridized carbons (Fsp3) is 0.364. The van der Waals surface area contributed by atoms with Gasteiger partial charge in [0.2, 0.25) is 11.7 Å².